The Hall–Kier alpha value is -3.57. The number of fused-ring (bicyclic) bond motifs is 1. The molecule has 3 heterocycles. The zero-order chi connectivity index (χ0) is 24.0. The van der Waals surface area contributed by atoms with Crippen LogP contribution in [0.15, 0.2) is 42.9 Å². The number of aromatic nitrogens is 3. The van der Waals surface area contributed by atoms with Crippen molar-refractivity contribution in [3.8, 4) is 11.4 Å². The lowest BCUT2D eigenvalue weighted by Crippen LogP contribution is -2.32. The van der Waals surface area contributed by atoms with Crippen LogP contribution < -0.4 is 5.32 Å². The molecule has 1 unspecified atom stereocenters. The molecule has 5 nitrogen and oxygen atoms in total. The number of benzene rings is 1. The fourth-order valence-electron chi connectivity index (χ4n) is 3.71. The van der Waals surface area contributed by atoms with E-state index < -0.39 is 40.9 Å². The number of hydrogen-bond donors (Lipinski definition) is 1. The van der Waals surface area contributed by atoms with E-state index in [1.165, 1.54) is 12.3 Å². The summed E-state index contributed by atoms with van der Waals surface area (Å²) >= 11 is 0. The highest BCUT2D eigenvalue weighted by atomic mass is 19.4. The van der Waals surface area contributed by atoms with E-state index in [1.54, 1.807) is 0 Å². The number of carbonyl (C=O) groups is 1. The second kappa shape index (κ2) is 8.09. The van der Waals surface area contributed by atoms with Gasteiger partial charge in [-0.3, -0.25) is 9.78 Å². The van der Waals surface area contributed by atoms with Crippen molar-refractivity contribution in [2.75, 3.05) is 6.54 Å². The Morgan fingerprint density at radius 1 is 0.970 bits per heavy atom. The summed E-state index contributed by atoms with van der Waals surface area (Å²) in [5.41, 5.74) is -2.33. The summed E-state index contributed by atoms with van der Waals surface area (Å²) in [6.07, 6.45) is -7.67. The molecular formula is C21H13F7N4O. The minimum absolute atomic E-state index is 0.0479. The largest absolute Gasteiger partial charge is 0.416 e. The van der Waals surface area contributed by atoms with Crippen molar-refractivity contribution < 1.29 is 35.5 Å². The molecule has 1 atom stereocenters. The van der Waals surface area contributed by atoms with Crippen molar-refractivity contribution in [3.05, 3.63) is 76.6 Å². The van der Waals surface area contributed by atoms with E-state index in [9.17, 15) is 35.5 Å². The normalized spacial score (nSPS) is 15.1. The second-order valence-corrected chi connectivity index (χ2v) is 7.27. The summed E-state index contributed by atoms with van der Waals surface area (Å²) in [5.74, 6) is -4.49. The van der Waals surface area contributed by atoms with Crippen molar-refractivity contribution >= 4 is 5.91 Å². The summed E-state index contributed by atoms with van der Waals surface area (Å²) in [4.78, 5) is 23.8. The van der Waals surface area contributed by atoms with Crippen molar-refractivity contribution in [1.29, 1.82) is 0 Å². The third-order valence-electron chi connectivity index (χ3n) is 5.10. The number of halogens is 7. The van der Waals surface area contributed by atoms with E-state index in [1.807, 2.05) is 0 Å². The van der Waals surface area contributed by atoms with E-state index in [0.717, 1.165) is 12.4 Å². The molecule has 172 valence electrons. The fourth-order valence-corrected chi connectivity index (χ4v) is 3.71. The van der Waals surface area contributed by atoms with Gasteiger partial charge in [0.05, 0.1) is 22.6 Å². The molecule has 4 rings (SSSR count). The molecular weight excluding hydrogens is 457 g/mol. The lowest BCUT2D eigenvalue weighted by atomic mass is 9.91. The highest BCUT2D eigenvalue weighted by molar-refractivity contribution is 5.98. The van der Waals surface area contributed by atoms with Gasteiger partial charge < -0.3 is 5.32 Å². The van der Waals surface area contributed by atoms with Gasteiger partial charge in [0.2, 0.25) is 0 Å². The number of nitrogens with one attached hydrogen (secondary N) is 1. The summed E-state index contributed by atoms with van der Waals surface area (Å²) in [6, 6.07) is 3.15. The van der Waals surface area contributed by atoms with E-state index in [4.69, 9.17) is 0 Å². The van der Waals surface area contributed by atoms with Crippen LogP contribution in [0.4, 0.5) is 30.7 Å². The minimum Gasteiger partial charge on any atom is -0.352 e. The SMILES string of the molecule is O=C1NCCc2c1ccnc2-c1cc(C(c2cc(F)cc(C(F)(F)F)c2)C(F)(F)F)ncn1. The minimum atomic E-state index is -5.09. The predicted molar refractivity (Wildman–Crippen MR) is 101 cm³/mol. The van der Waals surface area contributed by atoms with Crippen LogP contribution in [-0.2, 0) is 12.6 Å². The number of rotatable bonds is 3. The molecule has 0 spiro atoms. The van der Waals surface area contributed by atoms with Crippen LogP contribution in [0.5, 0.6) is 0 Å². The molecule has 1 aliphatic rings. The smallest absolute Gasteiger partial charge is 0.352 e. The maximum Gasteiger partial charge on any atom is 0.416 e. The van der Waals surface area contributed by atoms with Gasteiger partial charge in [0.1, 0.15) is 18.1 Å². The molecule has 3 aromatic rings. The molecule has 33 heavy (non-hydrogen) atoms. The van der Waals surface area contributed by atoms with Crippen LogP contribution in [0.3, 0.4) is 0 Å². The fraction of sp³-hybridized carbons (Fsp3) is 0.238. The standard InChI is InChI=1S/C21H13F7N4O/c22-12-6-10(5-11(7-12)20(23,24)25)17(21(26,27)28)15-8-16(32-9-31-15)18-13-1-4-30-19(33)14(13)2-3-29-18/h2-3,5-9,17H,1,4H2,(H,30,33). The topological polar surface area (TPSA) is 67.8 Å². The third kappa shape index (κ3) is 4.50. The number of carbonyl (C=O) groups excluding carboxylic acids is 1. The molecule has 0 bridgehead atoms. The quantitative estimate of drug-likeness (QED) is 0.565. The van der Waals surface area contributed by atoms with Gasteiger partial charge >= 0.3 is 12.4 Å². The van der Waals surface area contributed by atoms with Crippen molar-refractivity contribution in [2.45, 2.75) is 24.7 Å². The summed E-state index contributed by atoms with van der Waals surface area (Å²) in [5, 5.41) is 2.63. The summed E-state index contributed by atoms with van der Waals surface area (Å²) in [7, 11) is 0. The van der Waals surface area contributed by atoms with Crippen LogP contribution in [0.25, 0.3) is 11.4 Å². The van der Waals surface area contributed by atoms with Crippen LogP contribution in [0.1, 0.15) is 38.7 Å². The van der Waals surface area contributed by atoms with Crippen molar-refractivity contribution in [1.82, 2.24) is 20.3 Å². The third-order valence-corrected chi connectivity index (χ3v) is 5.10. The maximum atomic E-state index is 14.0. The van der Waals surface area contributed by atoms with Gasteiger partial charge in [-0.2, -0.15) is 26.3 Å². The molecule has 1 N–H and O–H groups in total. The maximum absolute atomic E-state index is 14.0. The average Bonchev–Trinajstić information content (AvgIpc) is 2.72. The zero-order valence-corrected chi connectivity index (χ0v) is 16.4. The Kier molecular flexibility index (Phi) is 5.54. The van der Waals surface area contributed by atoms with Gasteiger partial charge in [0.25, 0.3) is 5.91 Å². The van der Waals surface area contributed by atoms with E-state index >= 15 is 0 Å². The van der Waals surface area contributed by atoms with Gasteiger partial charge in [-0.05, 0) is 47.9 Å². The Labute approximate surface area is 181 Å². The van der Waals surface area contributed by atoms with Crippen LogP contribution in [0, 0.1) is 5.82 Å². The average molecular weight is 470 g/mol. The second-order valence-electron chi connectivity index (χ2n) is 7.27. The Bertz CT molecular complexity index is 1220. The molecule has 0 fully saturated rings. The van der Waals surface area contributed by atoms with Gasteiger partial charge in [-0.1, -0.05) is 0 Å². The Balaban J connectivity index is 1.85. The molecule has 0 radical (unpaired) electrons. The first-order valence-corrected chi connectivity index (χ1v) is 9.48. The molecule has 1 amide bonds. The Morgan fingerprint density at radius 3 is 2.42 bits per heavy atom. The molecule has 1 aliphatic heterocycles. The summed E-state index contributed by atoms with van der Waals surface area (Å²) < 4.78 is 95.0. The highest BCUT2D eigenvalue weighted by Crippen LogP contribution is 2.42. The van der Waals surface area contributed by atoms with E-state index in [2.05, 4.69) is 20.3 Å². The Morgan fingerprint density at radius 2 is 1.73 bits per heavy atom. The number of amides is 1. The van der Waals surface area contributed by atoms with Gasteiger partial charge in [0, 0.05) is 18.3 Å². The van der Waals surface area contributed by atoms with Crippen molar-refractivity contribution in [2.24, 2.45) is 0 Å². The number of pyridine rings is 1. The van der Waals surface area contributed by atoms with Crippen LogP contribution >= 0.6 is 0 Å². The van der Waals surface area contributed by atoms with Gasteiger partial charge in [-0.25, -0.2) is 14.4 Å². The molecule has 0 aliphatic carbocycles. The number of nitrogens with zero attached hydrogens (tertiary/aromatic N) is 3. The number of hydrogen-bond acceptors (Lipinski definition) is 4. The van der Waals surface area contributed by atoms with Crippen molar-refractivity contribution in [3.63, 3.8) is 0 Å². The molecule has 12 heteroatoms. The van der Waals surface area contributed by atoms with Crippen LogP contribution in [0.2, 0.25) is 0 Å². The van der Waals surface area contributed by atoms with E-state index in [0.29, 0.717) is 23.6 Å². The predicted octanol–water partition coefficient (Wildman–Crippen LogP) is 4.68. The van der Waals surface area contributed by atoms with Gasteiger partial charge in [-0.15, -0.1) is 0 Å². The molecule has 1 aromatic carbocycles. The lowest BCUT2D eigenvalue weighted by molar-refractivity contribution is -0.144. The van der Waals surface area contributed by atoms with Crippen LogP contribution in [-0.4, -0.2) is 33.6 Å². The first-order chi connectivity index (χ1) is 15.4. The first kappa shape index (κ1) is 22.6. The molecule has 2 aromatic heterocycles. The zero-order valence-electron chi connectivity index (χ0n) is 16.4. The van der Waals surface area contributed by atoms with Gasteiger partial charge in [0.15, 0.2) is 0 Å². The molecule has 0 saturated heterocycles. The highest BCUT2D eigenvalue weighted by Gasteiger charge is 2.44. The summed E-state index contributed by atoms with van der Waals surface area (Å²) in [6.45, 7) is 0.289. The lowest BCUT2D eigenvalue weighted by Gasteiger charge is -2.22. The number of alkyl halides is 6. The molecule has 0 saturated carbocycles. The monoisotopic (exact) mass is 470 g/mol. The first-order valence-electron chi connectivity index (χ1n) is 9.48. The van der Waals surface area contributed by atoms with E-state index in [-0.39, 0.29) is 36.0 Å².